The Hall–Kier alpha value is -2.82. The third-order valence-corrected chi connectivity index (χ3v) is 4.80. The molecule has 1 aliphatic rings. The van der Waals surface area contributed by atoms with Crippen LogP contribution in [0.4, 0.5) is 17.1 Å². The van der Waals surface area contributed by atoms with Crippen LogP contribution in [0.1, 0.15) is 52.0 Å². The number of anilines is 3. The summed E-state index contributed by atoms with van der Waals surface area (Å²) in [5.74, 6) is 0.310. The van der Waals surface area contributed by atoms with E-state index in [2.05, 4.69) is 24.1 Å². The van der Waals surface area contributed by atoms with Gasteiger partial charge in [-0.3, -0.25) is 9.59 Å². The molecule has 0 saturated heterocycles. The number of carbonyl (C=O) groups is 2. The lowest BCUT2D eigenvalue weighted by Crippen LogP contribution is -2.23. The van der Waals surface area contributed by atoms with Crippen LogP contribution in [0.15, 0.2) is 48.5 Å². The van der Waals surface area contributed by atoms with Crippen molar-refractivity contribution in [3.05, 3.63) is 54.1 Å². The second kappa shape index (κ2) is 12.6. The van der Waals surface area contributed by atoms with Crippen LogP contribution in [0.2, 0.25) is 0 Å². The molecule has 2 aromatic carbocycles. The zero-order chi connectivity index (χ0) is 21.8. The smallest absolute Gasteiger partial charge is 0.234 e. The van der Waals surface area contributed by atoms with Gasteiger partial charge in [0, 0.05) is 26.3 Å². The molecule has 0 aliphatic carbocycles. The van der Waals surface area contributed by atoms with Gasteiger partial charge in [0.15, 0.2) is 0 Å². The van der Waals surface area contributed by atoms with E-state index in [9.17, 15) is 9.59 Å². The van der Waals surface area contributed by atoms with Gasteiger partial charge in [-0.25, -0.2) is 0 Å². The zero-order valence-electron chi connectivity index (χ0n) is 18.6. The Morgan fingerprint density at radius 1 is 1.07 bits per heavy atom. The third-order valence-electron chi connectivity index (χ3n) is 4.80. The van der Waals surface area contributed by atoms with E-state index in [-0.39, 0.29) is 11.8 Å². The van der Waals surface area contributed by atoms with Gasteiger partial charge in [0.2, 0.25) is 12.3 Å². The molecule has 5 heteroatoms. The van der Waals surface area contributed by atoms with Gasteiger partial charge in [0.05, 0.1) is 17.3 Å². The van der Waals surface area contributed by atoms with Crippen LogP contribution in [0.5, 0.6) is 0 Å². The number of carbonyl (C=O) groups excluding carboxylic acids is 2. The maximum Gasteiger partial charge on any atom is 0.234 e. The summed E-state index contributed by atoms with van der Waals surface area (Å²) in [5, 5.41) is 2.69. The molecule has 1 heterocycles. The first-order valence-electron chi connectivity index (χ1n) is 10.4. The SMILES string of the molecule is CC.CCC1C(=O)N(C)c2ccccc21.CCCN(C)c1ccccc1NC=O. The molecule has 0 aromatic heterocycles. The molecule has 5 nitrogen and oxygen atoms in total. The number of nitrogens with one attached hydrogen (secondary N) is 1. The van der Waals surface area contributed by atoms with Crippen molar-refractivity contribution in [1.29, 1.82) is 0 Å². The molecule has 29 heavy (non-hydrogen) atoms. The molecule has 0 radical (unpaired) electrons. The average Bonchev–Trinajstić information content (AvgIpc) is 3.01. The summed E-state index contributed by atoms with van der Waals surface area (Å²) >= 11 is 0. The van der Waals surface area contributed by atoms with E-state index in [4.69, 9.17) is 0 Å². The highest BCUT2D eigenvalue weighted by Crippen LogP contribution is 2.37. The first kappa shape index (κ1) is 24.2. The number of rotatable bonds is 6. The lowest BCUT2D eigenvalue weighted by atomic mass is 9.98. The van der Waals surface area contributed by atoms with Crippen LogP contribution in [-0.2, 0) is 9.59 Å². The Balaban J connectivity index is 0.000000268. The van der Waals surface area contributed by atoms with Crippen molar-refractivity contribution in [1.82, 2.24) is 0 Å². The van der Waals surface area contributed by atoms with Crippen LogP contribution in [0.25, 0.3) is 0 Å². The summed E-state index contributed by atoms with van der Waals surface area (Å²) < 4.78 is 0. The molecule has 0 fully saturated rings. The largest absolute Gasteiger partial charge is 0.373 e. The van der Waals surface area contributed by atoms with E-state index in [1.807, 2.05) is 76.5 Å². The number of amides is 2. The molecular formula is C24H35N3O2. The molecule has 1 atom stereocenters. The first-order valence-corrected chi connectivity index (χ1v) is 10.4. The van der Waals surface area contributed by atoms with Crippen LogP contribution in [0, 0.1) is 0 Å². The lowest BCUT2D eigenvalue weighted by Gasteiger charge is -2.21. The second-order valence-corrected chi connectivity index (χ2v) is 6.62. The van der Waals surface area contributed by atoms with Crippen molar-refractivity contribution in [2.45, 2.75) is 46.5 Å². The van der Waals surface area contributed by atoms with Gasteiger partial charge in [-0.15, -0.1) is 0 Å². The molecule has 2 aromatic rings. The predicted molar refractivity (Wildman–Crippen MR) is 124 cm³/mol. The minimum atomic E-state index is 0.0844. The summed E-state index contributed by atoms with van der Waals surface area (Å²) in [6.45, 7) is 9.17. The van der Waals surface area contributed by atoms with E-state index >= 15 is 0 Å². The molecule has 0 spiro atoms. The topological polar surface area (TPSA) is 52.7 Å². The molecule has 3 rings (SSSR count). The zero-order valence-corrected chi connectivity index (χ0v) is 18.6. The van der Waals surface area contributed by atoms with Crippen LogP contribution < -0.4 is 15.1 Å². The normalized spacial score (nSPS) is 14.1. The summed E-state index contributed by atoms with van der Waals surface area (Å²) in [5.41, 5.74) is 4.16. The molecule has 0 bridgehead atoms. The number of hydrogen-bond acceptors (Lipinski definition) is 3. The summed E-state index contributed by atoms with van der Waals surface area (Å²) in [6, 6.07) is 15.8. The fourth-order valence-corrected chi connectivity index (χ4v) is 3.42. The minimum absolute atomic E-state index is 0.0844. The van der Waals surface area contributed by atoms with Crippen molar-refractivity contribution in [3.63, 3.8) is 0 Å². The van der Waals surface area contributed by atoms with Crippen molar-refractivity contribution in [3.8, 4) is 0 Å². The van der Waals surface area contributed by atoms with Crippen molar-refractivity contribution >= 4 is 29.4 Å². The molecule has 1 N–H and O–H groups in total. The minimum Gasteiger partial charge on any atom is -0.373 e. The first-order chi connectivity index (χ1) is 14.0. The maximum atomic E-state index is 11.7. The maximum absolute atomic E-state index is 11.7. The predicted octanol–water partition coefficient (Wildman–Crippen LogP) is 5.28. The van der Waals surface area contributed by atoms with E-state index < -0.39 is 0 Å². The lowest BCUT2D eigenvalue weighted by molar-refractivity contribution is -0.119. The fourth-order valence-electron chi connectivity index (χ4n) is 3.42. The molecule has 2 amide bonds. The summed E-state index contributed by atoms with van der Waals surface area (Å²) in [4.78, 5) is 26.0. The Labute approximate surface area is 175 Å². The Morgan fingerprint density at radius 3 is 2.31 bits per heavy atom. The van der Waals surface area contributed by atoms with Gasteiger partial charge in [-0.05, 0) is 36.6 Å². The van der Waals surface area contributed by atoms with Gasteiger partial charge in [-0.2, -0.15) is 0 Å². The number of benzene rings is 2. The molecule has 0 saturated carbocycles. The van der Waals surface area contributed by atoms with Crippen molar-refractivity contribution in [2.75, 3.05) is 35.8 Å². The van der Waals surface area contributed by atoms with E-state index in [1.54, 1.807) is 4.90 Å². The van der Waals surface area contributed by atoms with E-state index in [0.29, 0.717) is 6.41 Å². The second-order valence-electron chi connectivity index (χ2n) is 6.62. The molecule has 158 valence electrons. The van der Waals surface area contributed by atoms with Crippen LogP contribution >= 0.6 is 0 Å². The van der Waals surface area contributed by atoms with Gasteiger partial charge in [0.1, 0.15) is 0 Å². The number of hydrogen-bond donors (Lipinski definition) is 1. The van der Waals surface area contributed by atoms with Gasteiger partial charge in [-0.1, -0.05) is 58.0 Å². The summed E-state index contributed by atoms with van der Waals surface area (Å²) in [6.07, 6.45) is 2.69. The molecular weight excluding hydrogens is 362 g/mol. The Bertz CT molecular complexity index is 776. The summed E-state index contributed by atoms with van der Waals surface area (Å²) in [7, 11) is 3.87. The Morgan fingerprint density at radius 2 is 1.69 bits per heavy atom. The van der Waals surface area contributed by atoms with E-state index in [0.717, 1.165) is 36.4 Å². The van der Waals surface area contributed by atoms with Gasteiger partial charge in [0.25, 0.3) is 0 Å². The van der Waals surface area contributed by atoms with Gasteiger partial charge >= 0.3 is 0 Å². The van der Waals surface area contributed by atoms with Crippen LogP contribution in [-0.4, -0.2) is 33.0 Å². The van der Waals surface area contributed by atoms with Crippen molar-refractivity contribution in [2.24, 2.45) is 0 Å². The van der Waals surface area contributed by atoms with E-state index in [1.165, 1.54) is 5.56 Å². The van der Waals surface area contributed by atoms with Crippen molar-refractivity contribution < 1.29 is 9.59 Å². The fraction of sp³-hybridized carbons (Fsp3) is 0.417. The quantitative estimate of drug-likeness (QED) is 0.674. The van der Waals surface area contributed by atoms with Crippen LogP contribution in [0.3, 0.4) is 0 Å². The number of fused-ring (bicyclic) bond motifs is 1. The highest BCUT2D eigenvalue weighted by molar-refractivity contribution is 6.04. The highest BCUT2D eigenvalue weighted by Gasteiger charge is 2.32. The average molecular weight is 398 g/mol. The number of para-hydroxylation sites is 3. The number of likely N-dealkylation sites (N-methyl/N-ethyl adjacent to an activating group) is 1. The standard InChI is InChI=1S/C11H16N2O.C11H13NO.C2H6/c1-3-8-13(2)11-7-5-4-6-10(11)12-9-14;1-3-8-9-6-4-5-7-10(9)12(2)11(8)13;1-2/h4-7,9H,3,8H2,1-2H3,(H,12,14);4-8H,3H2,1-2H3;1-2H3. The third kappa shape index (κ3) is 6.08. The molecule has 1 unspecified atom stereocenters. The molecule has 1 aliphatic heterocycles. The number of nitrogens with zero attached hydrogens (tertiary/aromatic N) is 2. The monoisotopic (exact) mass is 397 g/mol. The van der Waals surface area contributed by atoms with Gasteiger partial charge < -0.3 is 15.1 Å². The Kier molecular flexibility index (Phi) is 10.5. The highest BCUT2D eigenvalue weighted by atomic mass is 16.2.